The van der Waals surface area contributed by atoms with Gasteiger partial charge in [-0.25, -0.2) is 14.5 Å². The van der Waals surface area contributed by atoms with Crippen LogP contribution in [0.15, 0.2) is 43.1 Å². The van der Waals surface area contributed by atoms with Crippen LogP contribution in [-0.4, -0.2) is 35.2 Å². The maximum atomic E-state index is 4.89. The van der Waals surface area contributed by atoms with Gasteiger partial charge in [0.15, 0.2) is 11.6 Å². The van der Waals surface area contributed by atoms with Crippen LogP contribution in [-0.2, 0) is 7.05 Å². The van der Waals surface area contributed by atoms with E-state index in [1.54, 1.807) is 12.4 Å². The molecule has 156 valence electrons. The van der Waals surface area contributed by atoms with Crippen LogP contribution in [0.2, 0.25) is 0 Å². The molecule has 0 radical (unpaired) electrons. The van der Waals surface area contributed by atoms with Crippen molar-refractivity contribution in [2.75, 3.05) is 5.32 Å². The molecule has 0 saturated heterocycles. The first-order chi connectivity index (χ1) is 14.7. The quantitative estimate of drug-likeness (QED) is 0.526. The maximum Gasteiger partial charge on any atom is 0.218 e. The number of nitrogens with zero attached hydrogens (tertiary/aromatic N) is 6. The third kappa shape index (κ3) is 3.67. The Bertz CT molecular complexity index is 1120. The fourth-order valence-electron chi connectivity index (χ4n) is 4.08. The lowest BCUT2D eigenvalue weighted by Gasteiger charge is -2.15. The van der Waals surface area contributed by atoms with Crippen molar-refractivity contribution >= 4 is 11.3 Å². The smallest absolute Gasteiger partial charge is 0.218 e. The number of fused-ring (bicyclic) bond motifs is 1. The lowest BCUT2D eigenvalue weighted by molar-refractivity contribution is 0.746. The molecular formula is C23H29N7. The van der Waals surface area contributed by atoms with Crippen molar-refractivity contribution in [3.63, 3.8) is 0 Å². The molecule has 0 amide bonds. The summed E-state index contributed by atoms with van der Waals surface area (Å²) in [5.41, 5.74) is 4.37. The van der Waals surface area contributed by atoms with Crippen molar-refractivity contribution in [2.24, 2.45) is 7.05 Å². The fraction of sp³-hybridized carbons (Fsp3) is 0.391. The topological polar surface area (TPSA) is 72.9 Å². The van der Waals surface area contributed by atoms with E-state index in [4.69, 9.17) is 10.1 Å². The normalized spacial score (nSPS) is 14.0. The van der Waals surface area contributed by atoms with Gasteiger partial charge in [-0.15, -0.1) is 5.10 Å². The summed E-state index contributed by atoms with van der Waals surface area (Å²) >= 11 is 0. The summed E-state index contributed by atoms with van der Waals surface area (Å²) in [6, 6.07) is 4.50. The summed E-state index contributed by atoms with van der Waals surface area (Å²) in [6.45, 7) is 6.13. The SMILES string of the molecule is CC.Cc1c(-c2cccnc2)cn2nc(-c3nccn3C)nc(NC3CCCC3)c12. The Morgan fingerprint density at radius 2 is 1.93 bits per heavy atom. The molecule has 1 fully saturated rings. The summed E-state index contributed by atoms with van der Waals surface area (Å²) in [7, 11) is 1.96. The van der Waals surface area contributed by atoms with Crippen molar-refractivity contribution in [2.45, 2.75) is 52.5 Å². The molecule has 0 aromatic carbocycles. The van der Waals surface area contributed by atoms with E-state index in [-0.39, 0.29) is 0 Å². The molecule has 7 heteroatoms. The second kappa shape index (κ2) is 8.65. The Labute approximate surface area is 177 Å². The van der Waals surface area contributed by atoms with Crippen molar-refractivity contribution in [1.29, 1.82) is 0 Å². The predicted molar refractivity (Wildman–Crippen MR) is 120 cm³/mol. The third-order valence-electron chi connectivity index (χ3n) is 5.57. The molecule has 7 nitrogen and oxygen atoms in total. The number of pyridine rings is 1. The van der Waals surface area contributed by atoms with Gasteiger partial charge in [-0.05, 0) is 31.4 Å². The van der Waals surface area contributed by atoms with Gasteiger partial charge in [-0.2, -0.15) is 0 Å². The standard InChI is InChI=1S/C21H23N7.C2H6/c1-14-17(15-6-5-9-22-12-15)13-28-18(14)19(24-16-7-3-4-8-16)25-20(26-28)21-23-10-11-27(21)2;1-2/h5-6,9-13,16H,3-4,7-8H2,1-2H3,(H,24,25,26);1-2H3. The molecule has 0 atom stereocenters. The first-order valence-corrected chi connectivity index (χ1v) is 10.8. The molecule has 0 unspecified atom stereocenters. The molecule has 30 heavy (non-hydrogen) atoms. The molecule has 1 aliphatic rings. The van der Waals surface area contributed by atoms with Gasteiger partial charge >= 0.3 is 0 Å². The van der Waals surface area contributed by atoms with Gasteiger partial charge in [0.05, 0.1) is 0 Å². The minimum Gasteiger partial charge on any atom is -0.365 e. The zero-order valence-electron chi connectivity index (χ0n) is 18.1. The van der Waals surface area contributed by atoms with Gasteiger partial charge < -0.3 is 9.88 Å². The number of hydrogen-bond donors (Lipinski definition) is 1. The van der Waals surface area contributed by atoms with E-state index < -0.39 is 0 Å². The zero-order chi connectivity index (χ0) is 21.1. The minimum atomic E-state index is 0.462. The van der Waals surface area contributed by atoms with Gasteiger partial charge in [-0.1, -0.05) is 32.8 Å². The fourth-order valence-corrected chi connectivity index (χ4v) is 4.08. The Hall–Kier alpha value is -3.22. The summed E-state index contributed by atoms with van der Waals surface area (Å²) in [5.74, 6) is 2.26. The highest BCUT2D eigenvalue weighted by atomic mass is 15.3. The van der Waals surface area contributed by atoms with E-state index in [1.165, 1.54) is 25.7 Å². The Kier molecular flexibility index (Phi) is 5.79. The number of anilines is 1. The van der Waals surface area contributed by atoms with E-state index in [1.807, 2.05) is 48.4 Å². The molecule has 4 aromatic rings. The number of hydrogen-bond acceptors (Lipinski definition) is 5. The van der Waals surface area contributed by atoms with Crippen LogP contribution < -0.4 is 5.32 Å². The summed E-state index contributed by atoms with van der Waals surface area (Å²) in [4.78, 5) is 13.6. The summed E-state index contributed by atoms with van der Waals surface area (Å²) < 4.78 is 3.88. The largest absolute Gasteiger partial charge is 0.365 e. The van der Waals surface area contributed by atoms with Crippen molar-refractivity contribution in [1.82, 2.24) is 29.1 Å². The third-order valence-corrected chi connectivity index (χ3v) is 5.57. The predicted octanol–water partition coefficient (Wildman–Crippen LogP) is 4.88. The molecular weight excluding hydrogens is 374 g/mol. The van der Waals surface area contributed by atoms with E-state index in [0.29, 0.717) is 11.9 Å². The van der Waals surface area contributed by atoms with E-state index in [9.17, 15) is 0 Å². The van der Waals surface area contributed by atoms with Crippen LogP contribution in [0.5, 0.6) is 0 Å². The van der Waals surface area contributed by atoms with Crippen molar-refractivity contribution < 1.29 is 0 Å². The Balaban J connectivity index is 0.00000106. The summed E-state index contributed by atoms with van der Waals surface area (Å²) in [6.07, 6.45) is 14.3. The zero-order valence-corrected chi connectivity index (χ0v) is 18.1. The highest BCUT2D eigenvalue weighted by molar-refractivity contribution is 5.83. The molecule has 0 bridgehead atoms. The molecule has 0 spiro atoms. The van der Waals surface area contributed by atoms with Crippen LogP contribution in [0, 0.1) is 6.92 Å². The lowest BCUT2D eigenvalue weighted by atomic mass is 10.1. The van der Waals surface area contributed by atoms with Crippen LogP contribution in [0.3, 0.4) is 0 Å². The molecule has 4 aromatic heterocycles. The van der Waals surface area contributed by atoms with Crippen molar-refractivity contribution in [3.8, 4) is 22.8 Å². The van der Waals surface area contributed by atoms with Gasteiger partial charge in [0.1, 0.15) is 5.52 Å². The molecule has 5 rings (SSSR count). The average molecular weight is 404 g/mol. The molecule has 1 aliphatic carbocycles. The number of rotatable bonds is 4. The first-order valence-electron chi connectivity index (χ1n) is 10.8. The minimum absolute atomic E-state index is 0.462. The molecule has 0 aliphatic heterocycles. The highest BCUT2D eigenvalue weighted by Crippen LogP contribution is 2.33. The number of aromatic nitrogens is 6. The lowest BCUT2D eigenvalue weighted by Crippen LogP contribution is -2.17. The number of imidazole rings is 1. The van der Waals surface area contributed by atoms with Crippen LogP contribution >= 0.6 is 0 Å². The molecule has 1 N–H and O–H groups in total. The monoisotopic (exact) mass is 403 g/mol. The van der Waals surface area contributed by atoms with Crippen LogP contribution in [0.25, 0.3) is 28.3 Å². The van der Waals surface area contributed by atoms with E-state index in [2.05, 4.69) is 34.5 Å². The van der Waals surface area contributed by atoms with Crippen LogP contribution in [0.4, 0.5) is 5.82 Å². The van der Waals surface area contributed by atoms with Gasteiger partial charge in [0.2, 0.25) is 5.82 Å². The van der Waals surface area contributed by atoms with Gasteiger partial charge in [-0.3, -0.25) is 4.98 Å². The first kappa shape index (κ1) is 20.1. The van der Waals surface area contributed by atoms with Gasteiger partial charge in [0.25, 0.3) is 0 Å². The van der Waals surface area contributed by atoms with Crippen molar-refractivity contribution in [3.05, 3.63) is 48.7 Å². The van der Waals surface area contributed by atoms with E-state index in [0.717, 1.165) is 33.8 Å². The average Bonchev–Trinajstić information content (AvgIpc) is 3.51. The highest BCUT2D eigenvalue weighted by Gasteiger charge is 2.21. The summed E-state index contributed by atoms with van der Waals surface area (Å²) in [5, 5.41) is 8.47. The number of nitrogens with one attached hydrogen (secondary N) is 1. The Morgan fingerprint density at radius 1 is 1.13 bits per heavy atom. The van der Waals surface area contributed by atoms with Gasteiger partial charge in [0, 0.05) is 55.2 Å². The Morgan fingerprint density at radius 3 is 2.60 bits per heavy atom. The molecule has 1 saturated carbocycles. The van der Waals surface area contributed by atoms with Crippen LogP contribution in [0.1, 0.15) is 45.1 Å². The molecule has 4 heterocycles. The van der Waals surface area contributed by atoms with E-state index >= 15 is 0 Å². The second-order valence-electron chi connectivity index (χ2n) is 7.47. The number of aryl methyl sites for hydroxylation is 2. The maximum absolute atomic E-state index is 4.89. The second-order valence-corrected chi connectivity index (χ2v) is 7.47.